The van der Waals surface area contributed by atoms with Crippen molar-refractivity contribution >= 4 is 38.7 Å². The molecule has 0 aromatic heterocycles. The van der Waals surface area contributed by atoms with Crippen LogP contribution in [0.5, 0.6) is 0 Å². The van der Waals surface area contributed by atoms with E-state index in [9.17, 15) is 22.3 Å². The average molecular weight is 324 g/mol. The molecule has 0 heterocycles. The van der Waals surface area contributed by atoms with Gasteiger partial charge in [0.25, 0.3) is 0 Å². The van der Waals surface area contributed by atoms with Crippen LogP contribution >= 0.6 is 0 Å². The topological polar surface area (TPSA) is 91.7 Å². The first kappa shape index (κ1) is 15.7. The van der Waals surface area contributed by atoms with Gasteiger partial charge in [-0.25, -0.2) is 8.42 Å². The highest BCUT2D eigenvalue weighted by Gasteiger charge is 2.25. The molecule has 2 rings (SSSR count). The number of hydrogen-bond acceptors (Lipinski definition) is 3. The van der Waals surface area contributed by atoms with E-state index in [1.807, 2.05) is 0 Å². The zero-order valence-electron chi connectivity index (χ0n) is 11.0. The van der Waals surface area contributed by atoms with Crippen LogP contribution in [0, 0.1) is 0 Å². The molecular weight excluding hydrogens is 312 g/mol. The lowest BCUT2D eigenvalue weighted by Gasteiger charge is -2.12. The van der Waals surface area contributed by atoms with E-state index in [1.54, 1.807) is 24.3 Å². The molecule has 0 bridgehead atoms. The van der Waals surface area contributed by atoms with Crippen LogP contribution in [0.25, 0.3) is 10.8 Å². The molecule has 0 saturated carbocycles. The summed E-state index contributed by atoms with van der Waals surface area (Å²) in [4.78, 5) is 11.6. The number of ketones is 1. The van der Waals surface area contributed by atoms with Crippen molar-refractivity contribution < 1.29 is 22.3 Å². The molecule has 2 aromatic rings. The number of carbonyl (C=O) groups is 1. The van der Waals surface area contributed by atoms with E-state index in [0.717, 1.165) is 0 Å². The number of Topliss-reactive ketones (excluding diaryl/α,β-unsaturated/α-hetero) is 1. The van der Waals surface area contributed by atoms with Gasteiger partial charge in [0.2, 0.25) is 0 Å². The molecule has 2 unspecified atom stereocenters. The number of rotatable bonds is 4. The van der Waals surface area contributed by atoms with Crippen molar-refractivity contribution in [2.45, 2.75) is 16.7 Å². The Hall–Kier alpha value is -1.67. The molecule has 0 fully saturated rings. The van der Waals surface area contributed by atoms with Gasteiger partial charge in [-0.1, -0.05) is 30.8 Å². The summed E-state index contributed by atoms with van der Waals surface area (Å²) in [5.74, 6) is -0.537. The van der Waals surface area contributed by atoms with Crippen molar-refractivity contribution in [3.63, 3.8) is 0 Å². The first-order chi connectivity index (χ1) is 9.84. The number of allylic oxidation sites excluding steroid dienone is 1. The zero-order chi connectivity index (χ0) is 15.7. The molecular formula is C14H12O5S2. The summed E-state index contributed by atoms with van der Waals surface area (Å²) in [6.07, 6.45) is 0. The second-order valence-corrected chi connectivity index (χ2v) is 6.22. The van der Waals surface area contributed by atoms with Crippen molar-refractivity contribution in [3.8, 4) is 0 Å². The monoisotopic (exact) mass is 324 g/mol. The highest BCUT2D eigenvalue weighted by atomic mass is 32.2. The fourth-order valence-corrected chi connectivity index (χ4v) is 3.72. The third kappa shape index (κ3) is 2.86. The SMILES string of the molecule is C=C(C)C(=O)c1cc2ccccc2c(S(=O)O)c1S(=O)O. The highest BCUT2D eigenvalue weighted by Crippen LogP contribution is 2.31. The Morgan fingerprint density at radius 2 is 1.67 bits per heavy atom. The van der Waals surface area contributed by atoms with E-state index in [2.05, 4.69) is 6.58 Å². The van der Waals surface area contributed by atoms with Gasteiger partial charge in [0.05, 0.1) is 9.79 Å². The van der Waals surface area contributed by atoms with Crippen LogP contribution in [0.1, 0.15) is 17.3 Å². The van der Waals surface area contributed by atoms with Crippen LogP contribution in [0.3, 0.4) is 0 Å². The van der Waals surface area contributed by atoms with Crippen molar-refractivity contribution in [1.29, 1.82) is 0 Å². The van der Waals surface area contributed by atoms with Crippen molar-refractivity contribution in [3.05, 3.63) is 48.0 Å². The summed E-state index contributed by atoms with van der Waals surface area (Å²) in [5, 5.41) is 0.891. The number of hydrogen-bond donors (Lipinski definition) is 2. The molecule has 0 aliphatic rings. The summed E-state index contributed by atoms with van der Waals surface area (Å²) >= 11 is -5.09. The van der Waals surface area contributed by atoms with Crippen LogP contribution in [0.15, 0.2) is 52.3 Å². The van der Waals surface area contributed by atoms with E-state index in [1.165, 1.54) is 13.0 Å². The zero-order valence-corrected chi connectivity index (χ0v) is 12.7. The quantitative estimate of drug-likeness (QED) is 0.512. The number of carbonyl (C=O) groups excluding carboxylic acids is 1. The van der Waals surface area contributed by atoms with Gasteiger partial charge < -0.3 is 9.11 Å². The summed E-state index contributed by atoms with van der Waals surface area (Å²) in [6, 6.07) is 8.00. The molecule has 0 aliphatic heterocycles. The molecule has 0 amide bonds. The Bertz CT molecular complexity index is 810. The van der Waals surface area contributed by atoms with E-state index >= 15 is 0 Å². The molecule has 2 atom stereocenters. The molecule has 110 valence electrons. The van der Waals surface area contributed by atoms with Crippen LogP contribution in [0.2, 0.25) is 0 Å². The standard InChI is InChI=1S/C14H12O5S2/c1-8(2)12(15)11-7-9-5-3-4-6-10(9)13(20(16)17)14(11)21(18)19/h3-7H,1H2,2H3,(H,16,17)(H,18,19). The van der Waals surface area contributed by atoms with Crippen molar-refractivity contribution in [2.24, 2.45) is 0 Å². The van der Waals surface area contributed by atoms with Gasteiger partial charge in [0.15, 0.2) is 27.9 Å². The second-order valence-electron chi connectivity index (χ2n) is 4.41. The smallest absolute Gasteiger partial charge is 0.189 e. The fraction of sp³-hybridized carbons (Fsp3) is 0.0714. The van der Waals surface area contributed by atoms with Crippen LogP contribution in [0.4, 0.5) is 0 Å². The maximum atomic E-state index is 12.2. The Morgan fingerprint density at radius 1 is 1.10 bits per heavy atom. The third-order valence-electron chi connectivity index (χ3n) is 2.94. The maximum Gasteiger partial charge on any atom is 0.189 e. The van der Waals surface area contributed by atoms with Gasteiger partial charge in [0.1, 0.15) is 0 Å². The predicted molar refractivity (Wildman–Crippen MR) is 81.2 cm³/mol. The van der Waals surface area contributed by atoms with Crippen LogP contribution < -0.4 is 0 Å². The van der Waals surface area contributed by atoms with Crippen LogP contribution in [-0.4, -0.2) is 23.3 Å². The van der Waals surface area contributed by atoms with E-state index < -0.39 is 27.9 Å². The summed E-state index contributed by atoms with van der Waals surface area (Å²) in [5.41, 5.74) is 0.0890. The predicted octanol–water partition coefficient (Wildman–Crippen LogP) is 2.76. The normalized spacial score (nSPS) is 13.9. The van der Waals surface area contributed by atoms with Gasteiger partial charge >= 0.3 is 0 Å². The first-order valence-electron chi connectivity index (χ1n) is 5.82. The second kappa shape index (κ2) is 5.98. The average Bonchev–Trinajstić information content (AvgIpc) is 2.43. The Labute approximate surface area is 126 Å². The largest absolute Gasteiger partial charge is 0.302 e. The fourth-order valence-electron chi connectivity index (χ4n) is 2.04. The van der Waals surface area contributed by atoms with E-state index in [4.69, 9.17) is 0 Å². The molecule has 7 heteroatoms. The van der Waals surface area contributed by atoms with Gasteiger partial charge in [-0.2, -0.15) is 0 Å². The number of fused-ring (bicyclic) bond motifs is 1. The lowest BCUT2D eigenvalue weighted by molar-refractivity contribution is 0.103. The summed E-state index contributed by atoms with van der Waals surface area (Å²) < 4.78 is 42.2. The van der Waals surface area contributed by atoms with Crippen molar-refractivity contribution in [2.75, 3.05) is 0 Å². The maximum absolute atomic E-state index is 12.2. The third-order valence-corrected chi connectivity index (χ3v) is 4.61. The molecule has 5 nitrogen and oxygen atoms in total. The molecule has 0 radical (unpaired) electrons. The number of benzene rings is 2. The van der Waals surface area contributed by atoms with Crippen LogP contribution in [-0.2, 0) is 22.2 Å². The summed E-state index contributed by atoms with van der Waals surface area (Å²) in [6.45, 7) is 4.99. The highest BCUT2D eigenvalue weighted by molar-refractivity contribution is 7.82. The lowest BCUT2D eigenvalue weighted by Crippen LogP contribution is -2.10. The summed E-state index contributed by atoms with van der Waals surface area (Å²) in [7, 11) is 0. The Morgan fingerprint density at radius 3 is 2.19 bits per heavy atom. The van der Waals surface area contributed by atoms with E-state index in [-0.39, 0.29) is 20.9 Å². The molecule has 2 aromatic carbocycles. The molecule has 0 spiro atoms. The van der Waals surface area contributed by atoms with Crippen molar-refractivity contribution in [1.82, 2.24) is 0 Å². The van der Waals surface area contributed by atoms with Gasteiger partial charge in [-0.3, -0.25) is 4.79 Å². The minimum atomic E-state index is -2.58. The van der Waals surface area contributed by atoms with E-state index in [0.29, 0.717) is 10.8 Å². The minimum Gasteiger partial charge on any atom is -0.302 e. The molecule has 0 aliphatic carbocycles. The lowest BCUT2D eigenvalue weighted by atomic mass is 10.0. The first-order valence-corrected chi connectivity index (χ1v) is 8.03. The van der Waals surface area contributed by atoms with Gasteiger partial charge in [0, 0.05) is 10.9 Å². The van der Waals surface area contributed by atoms with Gasteiger partial charge in [-0.15, -0.1) is 0 Å². The molecule has 0 saturated heterocycles. The molecule has 2 N–H and O–H groups in total. The molecule has 21 heavy (non-hydrogen) atoms. The minimum absolute atomic E-state index is 0.0839. The van der Waals surface area contributed by atoms with Gasteiger partial charge in [-0.05, 0) is 23.9 Å². The Kier molecular flexibility index (Phi) is 4.48. The Balaban J connectivity index is 3.01.